The molecule has 8 heteroatoms. The zero-order valence-electron chi connectivity index (χ0n) is 19.3. The summed E-state index contributed by atoms with van der Waals surface area (Å²) in [6.45, 7) is 11.1. The van der Waals surface area contributed by atoms with Crippen LogP contribution in [-0.4, -0.2) is 59.2 Å². The van der Waals surface area contributed by atoms with Gasteiger partial charge in [-0.3, -0.25) is 9.47 Å². The molecule has 1 amide bonds. The van der Waals surface area contributed by atoms with Gasteiger partial charge in [-0.05, 0) is 69.2 Å². The maximum Gasteiger partial charge on any atom is 0.327 e. The highest BCUT2D eigenvalue weighted by Crippen LogP contribution is 2.36. The summed E-state index contributed by atoms with van der Waals surface area (Å²) in [4.78, 5) is 21.0. The SMILES string of the molecule is C=C(C)c1cc(Cl)c(Cl)c(N2CCN(CCC3CCC(NC(=O)n4ccnc4)CC3)CC2)c1. The van der Waals surface area contributed by atoms with Gasteiger partial charge in [0.05, 0.1) is 15.7 Å². The molecule has 1 N–H and O–H groups in total. The molecule has 1 aliphatic carbocycles. The van der Waals surface area contributed by atoms with Crippen molar-refractivity contribution in [3.63, 3.8) is 0 Å². The molecule has 1 saturated heterocycles. The normalized spacial score (nSPS) is 21.7. The average molecular weight is 490 g/mol. The first-order chi connectivity index (χ1) is 15.9. The number of aromatic nitrogens is 2. The minimum atomic E-state index is -0.0796. The number of hydrogen-bond donors (Lipinski definition) is 1. The maximum atomic E-state index is 12.2. The summed E-state index contributed by atoms with van der Waals surface area (Å²) in [5.41, 5.74) is 3.04. The van der Waals surface area contributed by atoms with Gasteiger partial charge in [0.15, 0.2) is 0 Å². The van der Waals surface area contributed by atoms with Crippen molar-refractivity contribution in [3.8, 4) is 0 Å². The third-order valence-corrected chi connectivity index (χ3v) is 7.77. The Hall–Kier alpha value is -2.02. The average Bonchev–Trinajstić information content (AvgIpc) is 3.36. The van der Waals surface area contributed by atoms with E-state index in [0.717, 1.165) is 68.3 Å². The second-order valence-corrected chi connectivity index (χ2v) is 10.1. The smallest absolute Gasteiger partial charge is 0.327 e. The first-order valence-corrected chi connectivity index (χ1v) is 12.6. The standard InChI is InChI=1S/C25H33Cl2N5O/c1-18(2)20-15-22(26)24(27)23(16-20)31-13-11-30(12-14-31)9-7-19-3-5-21(6-4-19)29-25(33)32-10-8-28-17-32/h8,10,15-17,19,21H,1,3-7,9,11-14H2,2H3,(H,29,33). The van der Waals surface area contributed by atoms with Gasteiger partial charge >= 0.3 is 6.03 Å². The number of hydrogen-bond acceptors (Lipinski definition) is 4. The molecular weight excluding hydrogens is 457 g/mol. The summed E-state index contributed by atoms with van der Waals surface area (Å²) in [6.07, 6.45) is 10.5. The fourth-order valence-electron chi connectivity index (χ4n) is 4.85. The highest BCUT2D eigenvalue weighted by molar-refractivity contribution is 6.43. The van der Waals surface area contributed by atoms with E-state index in [4.69, 9.17) is 23.2 Å². The molecule has 4 rings (SSSR count). The van der Waals surface area contributed by atoms with Gasteiger partial charge < -0.3 is 10.2 Å². The first-order valence-electron chi connectivity index (χ1n) is 11.8. The van der Waals surface area contributed by atoms with Crippen LogP contribution in [0.4, 0.5) is 10.5 Å². The summed E-state index contributed by atoms with van der Waals surface area (Å²) in [6, 6.07) is 4.19. The fourth-order valence-corrected chi connectivity index (χ4v) is 5.30. The predicted octanol–water partition coefficient (Wildman–Crippen LogP) is 5.55. The van der Waals surface area contributed by atoms with Crippen molar-refractivity contribution in [2.45, 2.75) is 45.1 Å². The van der Waals surface area contributed by atoms with E-state index < -0.39 is 0 Å². The number of nitrogens with zero attached hydrogens (tertiary/aromatic N) is 4. The van der Waals surface area contributed by atoms with Crippen LogP contribution in [0.2, 0.25) is 10.0 Å². The van der Waals surface area contributed by atoms with Gasteiger partial charge in [-0.15, -0.1) is 0 Å². The van der Waals surface area contributed by atoms with E-state index >= 15 is 0 Å². The number of halogens is 2. The molecule has 2 fully saturated rings. The number of benzene rings is 1. The van der Waals surface area contributed by atoms with Crippen LogP contribution in [0.1, 0.15) is 44.6 Å². The van der Waals surface area contributed by atoms with E-state index in [1.807, 2.05) is 13.0 Å². The van der Waals surface area contributed by atoms with Crippen LogP contribution in [0, 0.1) is 5.92 Å². The number of carbonyl (C=O) groups is 1. The van der Waals surface area contributed by atoms with Crippen LogP contribution in [0.15, 0.2) is 37.4 Å². The fraction of sp³-hybridized carbons (Fsp3) is 0.520. The van der Waals surface area contributed by atoms with Crippen molar-refractivity contribution in [2.24, 2.45) is 5.92 Å². The van der Waals surface area contributed by atoms with Crippen LogP contribution in [-0.2, 0) is 0 Å². The summed E-state index contributed by atoms with van der Waals surface area (Å²) in [5.74, 6) is 0.741. The number of nitrogens with one attached hydrogen (secondary N) is 1. The zero-order valence-corrected chi connectivity index (χ0v) is 20.8. The summed E-state index contributed by atoms with van der Waals surface area (Å²) >= 11 is 12.9. The van der Waals surface area contributed by atoms with E-state index in [0.29, 0.717) is 10.0 Å². The number of imidazole rings is 1. The van der Waals surface area contributed by atoms with Crippen LogP contribution in [0.5, 0.6) is 0 Å². The van der Waals surface area contributed by atoms with Gasteiger partial charge in [0.2, 0.25) is 0 Å². The minimum absolute atomic E-state index is 0.0796. The zero-order chi connectivity index (χ0) is 23.4. The molecule has 33 heavy (non-hydrogen) atoms. The van der Waals surface area contributed by atoms with Crippen molar-refractivity contribution in [2.75, 3.05) is 37.6 Å². The van der Waals surface area contributed by atoms with Crippen molar-refractivity contribution in [1.29, 1.82) is 0 Å². The molecule has 0 unspecified atom stereocenters. The number of carbonyl (C=O) groups excluding carboxylic acids is 1. The highest BCUT2D eigenvalue weighted by atomic mass is 35.5. The lowest BCUT2D eigenvalue weighted by molar-refractivity contribution is 0.206. The Labute approximate surface area is 206 Å². The van der Waals surface area contributed by atoms with Crippen molar-refractivity contribution >= 4 is 40.5 Å². The second kappa shape index (κ2) is 10.9. The molecule has 2 aliphatic rings. The summed E-state index contributed by atoms with van der Waals surface area (Å²) in [7, 11) is 0. The molecule has 6 nitrogen and oxygen atoms in total. The van der Waals surface area contributed by atoms with Crippen LogP contribution >= 0.6 is 23.2 Å². The van der Waals surface area contributed by atoms with Gasteiger partial charge in [-0.2, -0.15) is 0 Å². The third kappa shape index (κ3) is 6.11. The molecule has 0 radical (unpaired) electrons. The lowest BCUT2D eigenvalue weighted by atomic mass is 9.84. The van der Waals surface area contributed by atoms with Crippen LogP contribution in [0.25, 0.3) is 5.57 Å². The molecule has 1 saturated carbocycles. The Morgan fingerprint density at radius 3 is 2.52 bits per heavy atom. The molecule has 1 aromatic carbocycles. The highest BCUT2D eigenvalue weighted by Gasteiger charge is 2.25. The monoisotopic (exact) mass is 489 g/mol. The number of rotatable bonds is 6. The molecule has 2 aromatic rings. The van der Waals surface area contributed by atoms with Crippen molar-refractivity contribution in [1.82, 2.24) is 19.8 Å². The molecule has 2 heterocycles. The van der Waals surface area contributed by atoms with E-state index in [1.165, 1.54) is 23.8 Å². The Morgan fingerprint density at radius 2 is 1.88 bits per heavy atom. The predicted molar refractivity (Wildman–Crippen MR) is 136 cm³/mol. The molecule has 0 atom stereocenters. The maximum absolute atomic E-state index is 12.2. The van der Waals surface area contributed by atoms with Gasteiger partial charge in [-0.1, -0.05) is 35.4 Å². The van der Waals surface area contributed by atoms with Crippen LogP contribution < -0.4 is 10.2 Å². The Balaban J connectivity index is 1.19. The Bertz CT molecular complexity index is 961. The molecule has 1 aromatic heterocycles. The Morgan fingerprint density at radius 1 is 1.15 bits per heavy atom. The number of anilines is 1. The molecule has 178 valence electrons. The van der Waals surface area contributed by atoms with E-state index in [1.54, 1.807) is 18.7 Å². The third-order valence-electron chi connectivity index (χ3n) is 6.98. The number of piperazine rings is 1. The summed E-state index contributed by atoms with van der Waals surface area (Å²) in [5, 5.41) is 4.35. The van der Waals surface area contributed by atoms with Crippen molar-refractivity contribution in [3.05, 3.63) is 53.0 Å². The topological polar surface area (TPSA) is 53.4 Å². The van der Waals surface area contributed by atoms with E-state index in [9.17, 15) is 4.79 Å². The quantitative estimate of drug-likeness (QED) is 0.577. The van der Waals surface area contributed by atoms with E-state index in [2.05, 4.69) is 32.7 Å². The summed E-state index contributed by atoms with van der Waals surface area (Å²) < 4.78 is 1.50. The first kappa shape index (κ1) is 24.1. The lowest BCUT2D eigenvalue weighted by Gasteiger charge is -2.38. The van der Waals surface area contributed by atoms with Crippen molar-refractivity contribution < 1.29 is 4.79 Å². The largest absolute Gasteiger partial charge is 0.368 e. The minimum Gasteiger partial charge on any atom is -0.368 e. The number of amides is 1. The van der Waals surface area contributed by atoms with Gasteiger partial charge in [0.25, 0.3) is 0 Å². The van der Waals surface area contributed by atoms with Gasteiger partial charge in [-0.25, -0.2) is 9.78 Å². The second-order valence-electron chi connectivity index (χ2n) is 9.33. The molecule has 0 spiro atoms. The van der Waals surface area contributed by atoms with E-state index in [-0.39, 0.29) is 12.1 Å². The molecular formula is C25H33Cl2N5O. The Kier molecular flexibility index (Phi) is 7.99. The number of allylic oxidation sites excluding steroid dienone is 1. The molecule has 1 aliphatic heterocycles. The van der Waals surface area contributed by atoms with Gasteiger partial charge in [0, 0.05) is 44.6 Å². The van der Waals surface area contributed by atoms with Crippen LogP contribution in [0.3, 0.4) is 0 Å². The lowest BCUT2D eigenvalue weighted by Crippen LogP contribution is -2.47. The van der Waals surface area contributed by atoms with Gasteiger partial charge in [0.1, 0.15) is 6.33 Å². The molecule has 0 bridgehead atoms.